The van der Waals surface area contributed by atoms with Crippen molar-refractivity contribution in [1.82, 2.24) is 4.98 Å². The van der Waals surface area contributed by atoms with Crippen molar-refractivity contribution >= 4 is 0 Å². The molecule has 0 radical (unpaired) electrons. The molecule has 0 spiro atoms. The van der Waals surface area contributed by atoms with Gasteiger partial charge >= 0.3 is 0 Å². The minimum atomic E-state index is 0.0316. The van der Waals surface area contributed by atoms with Gasteiger partial charge in [-0.05, 0) is 29.7 Å². The van der Waals surface area contributed by atoms with E-state index in [-0.39, 0.29) is 6.61 Å². The summed E-state index contributed by atoms with van der Waals surface area (Å²) in [5, 5.41) is 9.41. The Kier molecular flexibility index (Phi) is 4.69. The van der Waals surface area contributed by atoms with Crippen molar-refractivity contribution in [1.29, 1.82) is 0 Å². The van der Waals surface area contributed by atoms with Crippen molar-refractivity contribution < 1.29 is 9.84 Å². The van der Waals surface area contributed by atoms with Crippen LogP contribution in [0.5, 0.6) is 5.88 Å². The van der Waals surface area contributed by atoms with Crippen LogP contribution in [0.3, 0.4) is 0 Å². The normalized spacial score (nSPS) is 10.5. The van der Waals surface area contributed by atoms with Crippen LogP contribution in [-0.2, 0) is 13.2 Å². The Morgan fingerprint density at radius 3 is 2.48 bits per heavy atom. The monoisotopic (exact) mass is 305 g/mol. The number of benzene rings is 2. The molecule has 0 amide bonds. The lowest BCUT2D eigenvalue weighted by Gasteiger charge is -2.11. The molecule has 3 nitrogen and oxygen atoms in total. The average Bonchev–Trinajstić information content (AvgIpc) is 2.61. The fraction of sp³-hybridized carbons (Fsp3) is 0.150. The molecule has 0 saturated heterocycles. The van der Waals surface area contributed by atoms with E-state index in [0.29, 0.717) is 12.5 Å². The van der Waals surface area contributed by atoms with E-state index in [1.807, 2.05) is 73.7 Å². The maximum Gasteiger partial charge on any atom is 0.214 e. The molecule has 1 aromatic heterocycles. The van der Waals surface area contributed by atoms with Crippen molar-refractivity contribution in [3.05, 3.63) is 83.4 Å². The summed E-state index contributed by atoms with van der Waals surface area (Å²) in [4.78, 5) is 4.59. The molecule has 0 saturated carbocycles. The Morgan fingerprint density at radius 1 is 0.913 bits per heavy atom. The second-order valence-electron chi connectivity index (χ2n) is 5.38. The summed E-state index contributed by atoms with van der Waals surface area (Å²) >= 11 is 0. The largest absolute Gasteiger partial charge is 0.473 e. The second kappa shape index (κ2) is 7.07. The highest BCUT2D eigenvalue weighted by Crippen LogP contribution is 2.26. The number of nitrogens with zero attached hydrogens (tertiary/aromatic N) is 1. The van der Waals surface area contributed by atoms with Crippen LogP contribution in [0.15, 0.2) is 66.7 Å². The zero-order valence-corrected chi connectivity index (χ0v) is 13.1. The quantitative estimate of drug-likeness (QED) is 0.770. The van der Waals surface area contributed by atoms with Gasteiger partial charge in [-0.2, -0.15) is 0 Å². The Bertz CT molecular complexity index is 785. The van der Waals surface area contributed by atoms with Gasteiger partial charge in [0.05, 0.1) is 12.3 Å². The first-order valence-corrected chi connectivity index (χ1v) is 7.61. The molecule has 3 aromatic rings. The highest BCUT2D eigenvalue weighted by molar-refractivity contribution is 5.65. The summed E-state index contributed by atoms with van der Waals surface area (Å²) in [6.45, 7) is 2.52. The van der Waals surface area contributed by atoms with Crippen molar-refractivity contribution in [2.24, 2.45) is 0 Å². The number of ether oxygens (including phenoxy) is 1. The lowest BCUT2D eigenvalue weighted by molar-refractivity contribution is 0.281. The number of pyridine rings is 1. The zero-order chi connectivity index (χ0) is 16.1. The van der Waals surface area contributed by atoms with E-state index < -0.39 is 0 Å². The zero-order valence-electron chi connectivity index (χ0n) is 13.1. The number of aromatic nitrogens is 1. The van der Waals surface area contributed by atoms with Gasteiger partial charge < -0.3 is 9.84 Å². The minimum Gasteiger partial charge on any atom is -0.473 e. The van der Waals surface area contributed by atoms with Crippen LogP contribution in [0.1, 0.15) is 16.7 Å². The van der Waals surface area contributed by atoms with E-state index in [1.165, 1.54) is 0 Å². The van der Waals surface area contributed by atoms with Gasteiger partial charge in [0.2, 0.25) is 5.88 Å². The third kappa shape index (κ3) is 3.58. The summed E-state index contributed by atoms with van der Waals surface area (Å²) in [7, 11) is 0. The molecule has 3 heteroatoms. The second-order valence-corrected chi connectivity index (χ2v) is 5.38. The lowest BCUT2D eigenvalue weighted by atomic mass is 10.00. The van der Waals surface area contributed by atoms with Crippen molar-refractivity contribution in [2.75, 3.05) is 0 Å². The van der Waals surface area contributed by atoms with E-state index in [0.717, 1.165) is 27.9 Å². The third-order valence-corrected chi connectivity index (χ3v) is 3.85. The highest BCUT2D eigenvalue weighted by Gasteiger charge is 2.08. The van der Waals surface area contributed by atoms with Gasteiger partial charge in [0.15, 0.2) is 0 Å². The first kappa shape index (κ1) is 15.3. The summed E-state index contributed by atoms with van der Waals surface area (Å²) in [5.74, 6) is 0.597. The van der Waals surface area contributed by atoms with E-state index in [4.69, 9.17) is 4.74 Å². The number of aliphatic hydroxyl groups excluding tert-OH is 1. The van der Waals surface area contributed by atoms with Crippen LogP contribution in [0.4, 0.5) is 0 Å². The number of rotatable bonds is 5. The van der Waals surface area contributed by atoms with Gasteiger partial charge in [0.1, 0.15) is 6.61 Å². The van der Waals surface area contributed by atoms with E-state index in [2.05, 4.69) is 4.98 Å². The Hall–Kier alpha value is -2.65. The van der Waals surface area contributed by atoms with Crippen LogP contribution in [0, 0.1) is 6.92 Å². The van der Waals surface area contributed by atoms with Crippen LogP contribution in [-0.4, -0.2) is 10.1 Å². The molecule has 0 bridgehead atoms. The molecule has 0 unspecified atom stereocenters. The Labute approximate surface area is 136 Å². The van der Waals surface area contributed by atoms with E-state index in [9.17, 15) is 5.11 Å². The van der Waals surface area contributed by atoms with E-state index in [1.54, 1.807) is 0 Å². The fourth-order valence-corrected chi connectivity index (χ4v) is 2.51. The van der Waals surface area contributed by atoms with Crippen molar-refractivity contribution in [2.45, 2.75) is 20.1 Å². The summed E-state index contributed by atoms with van der Waals surface area (Å²) in [6.07, 6.45) is 0. The first-order chi connectivity index (χ1) is 11.3. The maximum absolute atomic E-state index is 9.41. The Morgan fingerprint density at radius 2 is 1.70 bits per heavy atom. The third-order valence-electron chi connectivity index (χ3n) is 3.85. The first-order valence-electron chi connectivity index (χ1n) is 7.61. The average molecular weight is 305 g/mol. The molecule has 0 fully saturated rings. The SMILES string of the molecule is Cc1c(CO)cccc1-c1cccc(OCc2ccccc2)n1. The molecule has 1 N–H and O–H groups in total. The van der Waals surface area contributed by atoms with Gasteiger partial charge in [-0.15, -0.1) is 0 Å². The smallest absolute Gasteiger partial charge is 0.214 e. The molecule has 2 aromatic carbocycles. The summed E-state index contributed by atoms with van der Waals surface area (Å²) < 4.78 is 5.79. The van der Waals surface area contributed by atoms with Gasteiger partial charge in [-0.3, -0.25) is 0 Å². The van der Waals surface area contributed by atoms with Crippen LogP contribution >= 0.6 is 0 Å². The van der Waals surface area contributed by atoms with Crippen molar-refractivity contribution in [3.8, 4) is 17.1 Å². The van der Waals surface area contributed by atoms with Crippen LogP contribution < -0.4 is 4.74 Å². The summed E-state index contributed by atoms with van der Waals surface area (Å²) in [6, 6.07) is 21.7. The Balaban J connectivity index is 1.83. The lowest BCUT2D eigenvalue weighted by Crippen LogP contribution is -1.98. The van der Waals surface area contributed by atoms with Gasteiger partial charge in [-0.1, -0.05) is 54.6 Å². The molecule has 0 aliphatic heterocycles. The van der Waals surface area contributed by atoms with Crippen molar-refractivity contribution in [3.63, 3.8) is 0 Å². The van der Waals surface area contributed by atoms with E-state index >= 15 is 0 Å². The van der Waals surface area contributed by atoms with Crippen LogP contribution in [0.2, 0.25) is 0 Å². The molecule has 0 aliphatic rings. The maximum atomic E-state index is 9.41. The number of aliphatic hydroxyl groups is 1. The molecule has 3 rings (SSSR count). The standard InChI is InChI=1S/C20H19NO2/c1-15-17(13-22)9-5-10-18(15)19-11-6-12-20(21-19)23-14-16-7-3-2-4-8-16/h2-12,22H,13-14H2,1H3. The predicted octanol–water partition coefficient (Wildman–Crippen LogP) is 4.13. The molecule has 116 valence electrons. The summed E-state index contributed by atoms with van der Waals surface area (Å²) in [5.41, 5.74) is 4.94. The highest BCUT2D eigenvalue weighted by atomic mass is 16.5. The molecule has 0 atom stereocenters. The molecular formula is C20H19NO2. The van der Waals surface area contributed by atoms with Gasteiger partial charge in [0.25, 0.3) is 0 Å². The van der Waals surface area contributed by atoms with Crippen LogP contribution in [0.25, 0.3) is 11.3 Å². The topological polar surface area (TPSA) is 42.4 Å². The molecule has 23 heavy (non-hydrogen) atoms. The number of hydrogen-bond acceptors (Lipinski definition) is 3. The predicted molar refractivity (Wildman–Crippen MR) is 91.1 cm³/mol. The fourth-order valence-electron chi connectivity index (χ4n) is 2.51. The molecule has 1 heterocycles. The van der Waals surface area contributed by atoms with Gasteiger partial charge in [0, 0.05) is 11.6 Å². The van der Waals surface area contributed by atoms with Gasteiger partial charge in [-0.25, -0.2) is 4.98 Å². The number of hydrogen-bond donors (Lipinski definition) is 1. The molecule has 0 aliphatic carbocycles. The molecular weight excluding hydrogens is 286 g/mol. The minimum absolute atomic E-state index is 0.0316.